The molecule has 1 saturated carbocycles. The van der Waals surface area contributed by atoms with Crippen LogP contribution in [0.15, 0.2) is 40.2 Å². The van der Waals surface area contributed by atoms with E-state index >= 15 is 0 Å². The van der Waals surface area contributed by atoms with Gasteiger partial charge in [-0.05, 0) is 63.8 Å². The van der Waals surface area contributed by atoms with Crippen LogP contribution in [0.2, 0.25) is 0 Å². The number of hydrogen-bond donors (Lipinski definition) is 1. The summed E-state index contributed by atoms with van der Waals surface area (Å²) in [5, 5.41) is 5.71. The SMILES string of the molecule is Fc1ccc(C(NCc2sccc2Br)C2CC2)cc1. The molecule has 0 aliphatic heterocycles. The van der Waals surface area contributed by atoms with Crippen LogP contribution in [0.1, 0.15) is 29.3 Å². The van der Waals surface area contributed by atoms with Crippen LogP contribution in [0.5, 0.6) is 0 Å². The molecule has 1 aromatic heterocycles. The fourth-order valence-corrected chi connectivity index (χ4v) is 3.75. The maximum Gasteiger partial charge on any atom is 0.123 e. The van der Waals surface area contributed by atoms with E-state index in [2.05, 4.69) is 32.7 Å². The minimum atomic E-state index is -0.167. The zero-order valence-electron chi connectivity index (χ0n) is 10.4. The molecule has 1 aliphatic carbocycles. The summed E-state index contributed by atoms with van der Waals surface area (Å²) in [6.45, 7) is 0.858. The molecule has 1 fully saturated rings. The second-order valence-electron chi connectivity index (χ2n) is 4.94. The molecular formula is C15H15BrFNS. The smallest absolute Gasteiger partial charge is 0.123 e. The quantitative estimate of drug-likeness (QED) is 0.817. The molecule has 0 spiro atoms. The van der Waals surface area contributed by atoms with Gasteiger partial charge in [0.1, 0.15) is 5.82 Å². The first-order chi connectivity index (χ1) is 9.24. The Bertz CT molecular complexity index is 548. The lowest BCUT2D eigenvalue weighted by atomic mass is 10.0. The number of thiophene rings is 1. The van der Waals surface area contributed by atoms with E-state index in [0.717, 1.165) is 6.54 Å². The van der Waals surface area contributed by atoms with Gasteiger partial charge < -0.3 is 5.32 Å². The molecule has 1 aromatic carbocycles. The summed E-state index contributed by atoms with van der Waals surface area (Å²) in [6.07, 6.45) is 2.53. The van der Waals surface area contributed by atoms with E-state index in [1.54, 1.807) is 23.5 Å². The van der Waals surface area contributed by atoms with Crippen molar-refractivity contribution in [3.8, 4) is 0 Å². The third kappa shape index (κ3) is 3.25. The van der Waals surface area contributed by atoms with Gasteiger partial charge in [-0.1, -0.05) is 12.1 Å². The number of benzene rings is 1. The molecule has 1 heterocycles. The van der Waals surface area contributed by atoms with Gasteiger partial charge in [-0.15, -0.1) is 11.3 Å². The monoisotopic (exact) mass is 339 g/mol. The predicted molar refractivity (Wildman–Crippen MR) is 80.7 cm³/mol. The Morgan fingerprint density at radius 3 is 2.58 bits per heavy atom. The Hall–Kier alpha value is -0.710. The number of nitrogens with one attached hydrogen (secondary N) is 1. The van der Waals surface area contributed by atoms with Gasteiger partial charge in [0.2, 0.25) is 0 Å². The van der Waals surface area contributed by atoms with Crippen LogP contribution in [0.25, 0.3) is 0 Å². The fraction of sp³-hybridized carbons (Fsp3) is 0.333. The van der Waals surface area contributed by atoms with Crippen LogP contribution in [0.3, 0.4) is 0 Å². The second-order valence-corrected chi connectivity index (χ2v) is 6.79. The predicted octanol–water partition coefficient (Wildman–Crippen LogP) is 4.89. The molecule has 1 atom stereocenters. The third-order valence-corrected chi connectivity index (χ3v) is 5.42. The molecule has 4 heteroatoms. The van der Waals surface area contributed by atoms with E-state index in [4.69, 9.17) is 0 Å². The largest absolute Gasteiger partial charge is 0.305 e. The van der Waals surface area contributed by atoms with Gasteiger partial charge in [-0.2, -0.15) is 0 Å². The van der Waals surface area contributed by atoms with Crippen molar-refractivity contribution in [2.75, 3.05) is 0 Å². The lowest BCUT2D eigenvalue weighted by Gasteiger charge is -2.18. The van der Waals surface area contributed by atoms with Gasteiger partial charge in [0.15, 0.2) is 0 Å². The van der Waals surface area contributed by atoms with Crippen molar-refractivity contribution in [3.05, 3.63) is 56.4 Å². The maximum atomic E-state index is 13.0. The lowest BCUT2D eigenvalue weighted by molar-refractivity contribution is 0.481. The van der Waals surface area contributed by atoms with Crippen molar-refractivity contribution in [3.63, 3.8) is 0 Å². The summed E-state index contributed by atoms with van der Waals surface area (Å²) in [4.78, 5) is 1.31. The first-order valence-corrected chi connectivity index (χ1v) is 8.12. The summed E-state index contributed by atoms with van der Waals surface area (Å²) in [7, 11) is 0. The topological polar surface area (TPSA) is 12.0 Å². The average molecular weight is 340 g/mol. The first-order valence-electron chi connectivity index (χ1n) is 6.45. The Labute approximate surface area is 125 Å². The highest BCUT2D eigenvalue weighted by Crippen LogP contribution is 2.41. The molecule has 0 amide bonds. The van der Waals surface area contributed by atoms with Crippen LogP contribution < -0.4 is 5.32 Å². The van der Waals surface area contributed by atoms with Crippen molar-refractivity contribution in [2.24, 2.45) is 5.92 Å². The van der Waals surface area contributed by atoms with Crippen LogP contribution in [-0.2, 0) is 6.54 Å². The van der Waals surface area contributed by atoms with E-state index in [1.807, 2.05) is 12.1 Å². The number of hydrogen-bond acceptors (Lipinski definition) is 2. The maximum absolute atomic E-state index is 13.0. The van der Waals surface area contributed by atoms with Gasteiger partial charge in [0.25, 0.3) is 0 Å². The molecular weight excluding hydrogens is 325 g/mol. The van der Waals surface area contributed by atoms with E-state index in [0.29, 0.717) is 12.0 Å². The minimum absolute atomic E-state index is 0.167. The van der Waals surface area contributed by atoms with Crippen LogP contribution in [0, 0.1) is 11.7 Å². The Morgan fingerprint density at radius 2 is 2.00 bits per heavy atom. The van der Waals surface area contributed by atoms with Crippen molar-refractivity contribution in [2.45, 2.75) is 25.4 Å². The Morgan fingerprint density at radius 1 is 1.26 bits per heavy atom. The van der Waals surface area contributed by atoms with E-state index in [1.165, 1.54) is 27.8 Å². The van der Waals surface area contributed by atoms with Crippen LogP contribution in [-0.4, -0.2) is 0 Å². The molecule has 1 nitrogen and oxygen atoms in total. The molecule has 0 bridgehead atoms. The van der Waals surface area contributed by atoms with Crippen LogP contribution >= 0.6 is 27.3 Å². The normalized spacial score (nSPS) is 16.5. The second kappa shape index (κ2) is 5.73. The average Bonchev–Trinajstić information content (AvgIpc) is 3.16. The summed E-state index contributed by atoms with van der Waals surface area (Å²) in [6, 6.07) is 9.31. The van der Waals surface area contributed by atoms with Crippen molar-refractivity contribution < 1.29 is 4.39 Å². The lowest BCUT2D eigenvalue weighted by Crippen LogP contribution is -2.22. The summed E-state index contributed by atoms with van der Waals surface area (Å²) in [5.41, 5.74) is 1.19. The zero-order valence-corrected chi connectivity index (χ0v) is 12.8. The molecule has 100 valence electrons. The zero-order chi connectivity index (χ0) is 13.2. The van der Waals surface area contributed by atoms with Gasteiger partial charge in [0, 0.05) is 21.9 Å². The van der Waals surface area contributed by atoms with Gasteiger partial charge in [0.05, 0.1) is 0 Å². The van der Waals surface area contributed by atoms with E-state index in [9.17, 15) is 4.39 Å². The van der Waals surface area contributed by atoms with Gasteiger partial charge in [-0.3, -0.25) is 0 Å². The Balaban J connectivity index is 1.71. The van der Waals surface area contributed by atoms with Crippen molar-refractivity contribution >= 4 is 27.3 Å². The van der Waals surface area contributed by atoms with Crippen LogP contribution in [0.4, 0.5) is 4.39 Å². The molecule has 3 rings (SSSR count). The molecule has 1 unspecified atom stereocenters. The van der Waals surface area contributed by atoms with Crippen molar-refractivity contribution in [1.82, 2.24) is 5.32 Å². The summed E-state index contributed by atoms with van der Waals surface area (Å²) >= 11 is 5.31. The highest BCUT2D eigenvalue weighted by Gasteiger charge is 2.32. The molecule has 1 aliphatic rings. The Kier molecular flexibility index (Phi) is 4.01. The highest BCUT2D eigenvalue weighted by atomic mass is 79.9. The van der Waals surface area contributed by atoms with Crippen molar-refractivity contribution in [1.29, 1.82) is 0 Å². The van der Waals surface area contributed by atoms with E-state index in [-0.39, 0.29) is 5.82 Å². The van der Waals surface area contributed by atoms with E-state index < -0.39 is 0 Å². The fourth-order valence-electron chi connectivity index (χ4n) is 2.31. The minimum Gasteiger partial charge on any atom is -0.305 e. The molecule has 0 radical (unpaired) electrons. The number of halogens is 2. The molecule has 0 saturated heterocycles. The molecule has 1 N–H and O–H groups in total. The highest BCUT2D eigenvalue weighted by molar-refractivity contribution is 9.10. The van der Waals surface area contributed by atoms with Gasteiger partial charge >= 0.3 is 0 Å². The molecule has 19 heavy (non-hydrogen) atoms. The third-order valence-electron chi connectivity index (χ3n) is 3.50. The van der Waals surface area contributed by atoms with Gasteiger partial charge in [-0.25, -0.2) is 4.39 Å². The standard InChI is InChI=1S/C15H15BrFNS/c16-13-7-8-19-14(13)9-18-15(10-1-2-10)11-3-5-12(17)6-4-11/h3-8,10,15,18H,1-2,9H2. The summed E-state index contributed by atoms with van der Waals surface area (Å²) in [5.74, 6) is 0.531. The molecule has 2 aromatic rings. The number of rotatable bonds is 5. The summed E-state index contributed by atoms with van der Waals surface area (Å²) < 4.78 is 14.2. The first kappa shape index (κ1) is 13.3.